The van der Waals surface area contributed by atoms with Gasteiger partial charge >= 0.3 is 0 Å². The predicted molar refractivity (Wildman–Crippen MR) is 58.5 cm³/mol. The van der Waals surface area contributed by atoms with Crippen LogP contribution >= 0.6 is 0 Å². The van der Waals surface area contributed by atoms with Crippen molar-refractivity contribution in [3.05, 3.63) is 35.8 Å². The van der Waals surface area contributed by atoms with Gasteiger partial charge in [0.05, 0.1) is 0 Å². The molecule has 0 aliphatic rings. The second kappa shape index (κ2) is 3.45. The highest BCUT2D eigenvalue weighted by atomic mass is 15.0. The number of aryl methyl sites for hydroxylation is 1. The molecule has 2 heteroatoms. The molecule has 0 saturated carbocycles. The van der Waals surface area contributed by atoms with E-state index in [1.807, 2.05) is 12.4 Å². The van der Waals surface area contributed by atoms with Crippen LogP contribution in [0.3, 0.4) is 0 Å². The Bertz CT molecular complexity index is 441. The van der Waals surface area contributed by atoms with Crippen LogP contribution in [0, 0.1) is 12.8 Å². The fraction of sp³-hybridized carbons (Fsp3) is 0.417. The SMILES string of the molecule is Cc1cc2nccn2cc1CC(C)C. The lowest BCUT2D eigenvalue weighted by Crippen LogP contribution is -1.99. The first kappa shape index (κ1) is 9.25. The number of imidazole rings is 1. The van der Waals surface area contributed by atoms with Crippen molar-refractivity contribution >= 4 is 5.65 Å². The zero-order chi connectivity index (χ0) is 10.1. The van der Waals surface area contributed by atoms with Gasteiger partial charge in [0, 0.05) is 18.6 Å². The Balaban J connectivity index is 2.48. The number of rotatable bonds is 2. The van der Waals surface area contributed by atoms with E-state index >= 15 is 0 Å². The standard InChI is InChI=1S/C12H16N2/c1-9(2)6-11-8-14-5-4-13-12(14)7-10(11)3/h4-5,7-9H,6H2,1-3H3. The Labute approximate surface area is 84.6 Å². The summed E-state index contributed by atoms with van der Waals surface area (Å²) in [5.74, 6) is 0.703. The Kier molecular flexibility index (Phi) is 2.28. The lowest BCUT2D eigenvalue weighted by molar-refractivity contribution is 0.642. The molecule has 0 radical (unpaired) electrons. The highest BCUT2D eigenvalue weighted by Crippen LogP contribution is 2.15. The van der Waals surface area contributed by atoms with Crippen LogP contribution in [0.2, 0.25) is 0 Å². The molecule has 0 atom stereocenters. The van der Waals surface area contributed by atoms with E-state index in [1.165, 1.54) is 11.1 Å². The molecule has 2 rings (SSSR count). The van der Waals surface area contributed by atoms with E-state index in [4.69, 9.17) is 0 Å². The predicted octanol–water partition coefficient (Wildman–Crippen LogP) is 2.84. The number of pyridine rings is 1. The molecular weight excluding hydrogens is 172 g/mol. The first-order chi connectivity index (χ1) is 6.66. The molecule has 2 aromatic rings. The van der Waals surface area contributed by atoms with Gasteiger partial charge in [-0.15, -0.1) is 0 Å². The van der Waals surface area contributed by atoms with Gasteiger partial charge < -0.3 is 4.40 Å². The van der Waals surface area contributed by atoms with Gasteiger partial charge in [-0.1, -0.05) is 13.8 Å². The number of hydrogen-bond acceptors (Lipinski definition) is 1. The van der Waals surface area contributed by atoms with Crippen LogP contribution in [0.5, 0.6) is 0 Å². The van der Waals surface area contributed by atoms with E-state index in [2.05, 4.69) is 42.4 Å². The van der Waals surface area contributed by atoms with Crippen molar-refractivity contribution in [1.82, 2.24) is 9.38 Å². The van der Waals surface area contributed by atoms with Gasteiger partial charge in [-0.2, -0.15) is 0 Å². The van der Waals surface area contributed by atoms with Crippen LogP contribution in [0.4, 0.5) is 0 Å². The third-order valence-electron chi connectivity index (χ3n) is 2.47. The third kappa shape index (κ3) is 1.65. The fourth-order valence-electron chi connectivity index (χ4n) is 1.76. The number of aromatic nitrogens is 2. The number of hydrogen-bond donors (Lipinski definition) is 0. The summed E-state index contributed by atoms with van der Waals surface area (Å²) in [5.41, 5.74) is 3.80. The maximum Gasteiger partial charge on any atom is 0.136 e. The summed E-state index contributed by atoms with van der Waals surface area (Å²) in [6.45, 7) is 6.65. The smallest absolute Gasteiger partial charge is 0.136 e. The highest BCUT2D eigenvalue weighted by molar-refractivity contribution is 5.44. The Morgan fingerprint density at radius 2 is 2.21 bits per heavy atom. The molecule has 74 valence electrons. The summed E-state index contributed by atoms with van der Waals surface area (Å²) >= 11 is 0. The molecule has 2 nitrogen and oxygen atoms in total. The summed E-state index contributed by atoms with van der Waals surface area (Å²) in [7, 11) is 0. The van der Waals surface area contributed by atoms with Gasteiger partial charge in [-0.25, -0.2) is 4.98 Å². The molecular formula is C12H16N2. The van der Waals surface area contributed by atoms with Gasteiger partial charge in [0.25, 0.3) is 0 Å². The molecule has 0 spiro atoms. The molecule has 0 aromatic carbocycles. The molecule has 0 saturated heterocycles. The van der Waals surface area contributed by atoms with Gasteiger partial charge in [-0.05, 0) is 36.5 Å². The zero-order valence-electron chi connectivity index (χ0n) is 8.99. The Morgan fingerprint density at radius 3 is 2.93 bits per heavy atom. The van der Waals surface area contributed by atoms with Crippen molar-refractivity contribution in [1.29, 1.82) is 0 Å². The van der Waals surface area contributed by atoms with Crippen molar-refractivity contribution in [2.75, 3.05) is 0 Å². The first-order valence-electron chi connectivity index (χ1n) is 5.09. The second-order valence-electron chi connectivity index (χ2n) is 4.27. The van der Waals surface area contributed by atoms with E-state index in [9.17, 15) is 0 Å². The van der Waals surface area contributed by atoms with Crippen LogP contribution in [-0.2, 0) is 6.42 Å². The molecule has 0 amide bonds. The highest BCUT2D eigenvalue weighted by Gasteiger charge is 2.04. The van der Waals surface area contributed by atoms with Crippen LogP contribution in [-0.4, -0.2) is 9.38 Å². The van der Waals surface area contributed by atoms with Crippen LogP contribution in [0.25, 0.3) is 5.65 Å². The van der Waals surface area contributed by atoms with E-state index in [1.54, 1.807) is 0 Å². The molecule has 14 heavy (non-hydrogen) atoms. The molecule has 2 aromatic heterocycles. The van der Waals surface area contributed by atoms with E-state index in [0.717, 1.165) is 12.1 Å². The summed E-state index contributed by atoms with van der Waals surface area (Å²) in [6.07, 6.45) is 7.17. The van der Waals surface area contributed by atoms with Crippen molar-refractivity contribution in [2.24, 2.45) is 5.92 Å². The summed E-state index contributed by atoms with van der Waals surface area (Å²) in [4.78, 5) is 4.26. The van der Waals surface area contributed by atoms with E-state index < -0.39 is 0 Å². The van der Waals surface area contributed by atoms with Crippen LogP contribution < -0.4 is 0 Å². The first-order valence-corrected chi connectivity index (χ1v) is 5.09. The van der Waals surface area contributed by atoms with Gasteiger partial charge in [0.2, 0.25) is 0 Å². The van der Waals surface area contributed by atoms with Crippen molar-refractivity contribution in [2.45, 2.75) is 27.2 Å². The van der Waals surface area contributed by atoms with Crippen LogP contribution in [0.15, 0.2) is 24.7 Å². The number of nitrogens with zero attached hydrogens (tertiary/aromatic N) is 2. The molecule has 0 aliphatic carbocycles. The minimum Gasteiger partial charge on any atom is -0.307 e. The fourth-order valence-corrected chi connectivity index (χ4v) is 1.76. The van der Waals surface area contributed by atoms with E-state index in [0.29, 0.717) is 5.92 Å². The van der Waals surface area contributed by atoms with Crippen molar-refractivity contribution in [3.63, 3.8) is 0 Å². The van der Waals surface area contributed by atoms with Gasteiger partial charge in [0.1, 0.15) is 5.65 Å². The lowest BCUT2D eigenvalue weighted by atomic mass is 10.0. The maximum absolute atomic E-state index is 4.26. The summed E-state index contributed by atoms with van der Waals surface area (Å²) in [6, 6.07) is 2.15. The topological polar surface area (TPSA) is 17.3 Å². The summed E-state index contributed by atoms with van der Waals surface area (Å²) < 4.78 is 2.09. The minimum atomic E-state index is 0.703. The monoisotopic (exact) mass is 188 g/mol. The quantitative estimate of drug-likeness (QED) is 0.708. The molecule has 0 aliphatic heterocycles. The minimum absolute atomic E-state index is 0.703. The Hall–Kier alpha value is -1.31. The number of fused-ring (bicyclic) bond motifs is 1. The van der Waals surface area contributed by atoms with Crippen LogP contribution in [0.1, 0.15) is 25.0 Å². The average Bonchev–Trinajstić information content (AvgIpc) is 2.51. The van der Waals surface area contributed by atoms with Gasteiger partial charge in [0.15, 0.2) is 0 Å². The van der Waals surface area contributed by atoms with Crippen molar-refractivity contribution < 1.29 is 0 Å². The normalized spacial score (nSPS) is 11.4. The maximum atomic E-state index is 4.26. The second-order valence-corrected chi connectivity index (χ2v) is 4.27. The van der Waals surface area contributed by atoms with Gasteiger partial charge in [-0.3, -0.25) is 0 Å². The average molecular weight is 188 g/mol. The Morgan fingerprint density at radius 1 is 1.43 bits per heavy atom. The molecule has 0 fully saturated rings. The summed E-state index contributed by atoms with van der Waals surface area (Å²) in [5, 5.41) is 0. The molecule has 0 N–H and O–H groups in total. The zero-order valence-corrected chi connectivity index (χ0v) is 8.99. The van der Waals surface area contributed by atoms with E-state index in [-0.39, 0.29) is 0 Å². The molecule has 2 heterocycles. The van der Waals surface area contributed by atoms with Crippen molar-refractivity contribution in [3.8, 4) is 0 Å². The molecule has 0 bridgehead atoms. The largest absolute Gasteiger partial charge is 0.307 e. The molecule has 0 unspecified atom stereocenters. The third-order valence-corrected chi connectivity index (χ3v) is 2.47. The lowest BCUT2D eigenvalue weighted by Gasteiger charge is -2.09.